The summed E-state index contributed by atoms with van der Waals surface area (Å²) in [7, 11) is 0.888. The molecule has 3 N–H and O–H groups in total. The molecular formula is C12H19N3O4S. The van der Waals surface area contributed by atoms with Crippen molar-refractivity contribution in [2.75, 3.05) is 33.1 Å². The molecule has 1 rings (SSSR count). The van der Waals surface area contributed by atoms with E-state index in [0.29, 0.717) is 5.69 Å². The molecule has 1 amide bonds. The van der Waals surface area contributed by atoms with Gasteiger partial charge in [0.25, 0.3) is 0 Å². The van der Waals surface area contributed by atoms with Crippen molar-refractivity contribution >= 4 is 21.6 Å². The number of benzene rings is 1. The fourth-order valence-electron chi connectivity index (χ4n) is 1.41. The normalized spacial score (nSPS) is 13.2. The topological polar surface area (TPSA) is 102 Å². The van der Waals surface area contributed by atoms with Gasteiger partial charge in [-0.15, -0.1) is 0 Å². The molecule has 1 aromatic rings. The van der Waals surface area contributed by atoms with Gasteiger partial charge in [-0.05, 0) is 24.3 Å². The average Bonchev–Trinajstić information content (AvgIpc) is 2.39. The van der Waals surface area contributed by atoms with Gasteiger partial charge >= 0.3 is 0 Å². The second-order valence-corrected chi connectivity index (χ2v) is 6.51. The lowest BCUT2D eigenvalue weighted by molar-refractivity contribution is -0.118. The number of carbonyl (C=O) groups is 1. The summed E-state index contributed by atoms with van der Waals surface area (Å²) in [5, 5.41) is 2.58. The van der Waals surface area contributed by atoms with E-state index in [4.69, 9.17) is 10.5 Å². The molecule has 1 unspecified atom stereocenters. The van der Waals surface area contributed by atoms with Crippen molar-refractivity contribution in [1.82, 2.24) is 4.31 Å². The van der Waals surface area contributed by atoms with E-state index in [1.165, 1.54) is 45.5 Å². The van der Waals surface area contributed by atoms with Crippen molar-refractivity contribution in [3.8, 4) is 0 Å². The van der Waals surface area contributed by atoms with E-state index in [0.717, 1.165) is 4.31 Å². The van der Waals surface area contributed by atoms with Gasteiger partial charge in [0.05, 0.1) is 11.5 Å². The van der Waals surface area contributed by atoms with Gasteiger partial charge in [-0.25, -0.2) is 12.7 Å². The van der Waals surface area contributed by atoms with Gasteiger partial charge in [-0.2, -0.15) is 0 Å². The summed E-state index contributed by atoms with van der Waals surface area (Å²) >= 11 is 0. The zero-order chi connectivity index (χ0) is 15.3. The first-order chi connectivity index (χ1) is 9.28. The Morgan fingerprint density at radius 1 is 1.35 bits per heavy atom. The van der Waals surface area contributed by atoms with Crippen molar-refractivity contribution in [3.05, 3.63) is 24.3 Å². The van der Waals surface area contributed by atoms with Gasteiger partial charge in [-0.3, -0.25) is 4.79 Å². The summed E-state index contributed by atoms with van der Waals surface area (Å²) < 4.78 is 29.6. The molecule has 8 heteroatoms. The van der Waals surface area contributed by atoms with Crippen molar-refractivity contribution in [1.29, 1.82) is 0 Å². The number of amides is 1. The Kier molecular flexibility index (Phi) is 5.63. The number of sulfonamides is 1. The van der Waals surface area contributed by atoms with Crippen LogP contribution in [0, 0.1) is 0 Å². The predicted octanol–water partition coefficient (Wildman–Crippen LogP) is -0.151. The lowest BCUT2D eigenvalue weighted by Gasteiger charge is -2.13. The highest BCUT2D eigenvalue weighted by Gasteiger charge is 2.17. The minimum Gasteiger partial charge on any atom is -0.383 e. The molecule has 0 aliphatic carbocycles. The molecule has 0 bridgehead atoms. The first-order valence-corrected chi connectivity index (χ1v) is 7.31. The highest BCUT2D eigenvalue weighted by atomic mass is 32.2. The van der Waals surface area contributed by atoms with Gasteiger partial charge in [0.2, 0.25) is 15.9 Å². The van der Waals surface area contributed by atoms with Crippen LogP contribution in [0.1, 0.15) is 0 Å². The average molecular weight is 301 g/mol. The lowest BCUT2D eigenvalue weighted by Crippen LogP contribution is -2.39. The fourth-order valence-corrected chi connectivity index (χ4v) is 2.31. The van der Waals surface area contributed by atoms with Gasteiger partial charge in [0.15, 0.2) is 0 Å². The second kappa shape index (κ2) is 6.80. The molecule has 0 spiro atoms. The molecule has 0 saturated heterocycles. The van der Waals surface area contributed by atoms with E-state index in [-0.39, 0.29) is 11.5 Å². The molecule has 0 fully saturated rings. The summed E-state index contributed by atoms with van der Waals surface area (Å²) in [4.78, 5) is 11.8. The number of nitrogens with one attached hydrogen (secondary N) is 1. The van der Waals surface area contributed by atoms with E-state index in [1.54, 1.807) is 0 Å². The number of carbonyl (C=O) groups excluding carboxylic acids is 1. The van der Waals surface area contributed by atoms with Crippen molar-refractivity contribution in [2.24, 2.45) is 5.73 Å². The second-order valence-electron chi connectivity index (χ2n) is 4.36. The van der Waals surface area contributed by atoms with E-state index < -0.39 is 22.0 Å². The molecule has 0 heterocycles. The third kappa shape index (κ3) is 4.01. The highest BCUT2D eigenvalue weighted by molar-refractivity contribution is 7.89. The largest absolute Gasteiger partial charge is 0.383 e. The van der Waals surface area contributed by atoms with Crippen LogP contribution in [0.2, 0.25) is 0 Å². The van der Waals surface area contributed by atoms with Crippen molar-refractivity contribution in [3.63, 3.8) is 0 Å². The Balaban J connectivity index is 2.80. The Bertz CT molecular complexity index is 555. The molecule has 20 heavy (non-hydrogen) atoms. The quantitative estimate of drug-likeness (QED) is 0.761. The fraction of sp³-hybridized carbons (Fsp3) is 0.417. The van der Waals surface area contributed by atoms with E-state index in [2.05, 4.69) is 5.32 Å². The van der Waals surface area contributed by atoms with Crippen LogP contribution < -0.4 is 11.1 Å². The maximum atomic E-state index is 11.9. The SMILES string of the molecule is COCC(N)C(=O)Nc1ccc(S(=O)(=O)N(C)C)cc1. The van der Waals surface area contributed by atoms with Crippen LogP contribution in [-0.4, -0.2) is 52.5 Å². The molecule has 0 aliphatic heterocycles. The van der Waals surface area contributed by atoms with Gasteiger partial charge < -0.3 is 15.8 Å². The Morgan fingerprint density at radius 2 is 1.90 bits per heavy atom. The number of hydrogen-bond acceptors (Lipinski definition) is 5. The van der Waals surface area contributed by atoms with E-state index in [9.17, 15) is 13.2 Å². The number of hydrogen-bond donors (Lipinski definition) is 2. The van der Waals surface area contributed by atoms with Crippen molar-refractivity contribution < 1.29 is 17.9 Å². The number of rotatable bonds is 6. The number of nitrogens with two attached hydrogens (primary N) is 1. The minimum absolute atomic E-state index is 0.110. The third-order valence-electron chi connectivity index (χ3n) is 2.58. The summed E-state index contributed by atoms with van der Waals surface area (Å²) in [6, 6.07) is 5.09. The molecular weight excluding hydrogens is 282 g/mol. The molecule has 1 aromatic carbocycles. The lowest BCUT2D eigenvalue weighted by atomic mass is 10.2. The maximum Gasteiger partial charge on any atom is 0.243 e. The first-order valence-electron chi connectivity index (χ1n) is 5.87. The smallest absolute Gasteiger partial charge is 0.243 e. The summed E-state index contributed by atoms with van der Waals surface area (Å²) in [6.45, 7) is 0.110. The van der Waals surface area contributed by atoms with Crippen LogP contribution in [0.3, 0.4) is 0 Å². The number of anilines is 1. The van der Waals surface area contributed by atoms with E-state index >= 15 is 0 Å². The zero-order valence-electron chi connectivity index (χ0n) is 11.7. The molecule has 0 aromatic heterocycles. The summed E-state index contributed by atoms with van der Waals surface area (Å²) in [5.41, 5.74) is 6.05. The summed E-state index contributed by atoms with van der Waals surface area (Å²) in [5.74, 6) is -0.393. The molecule has 0 saturated carbocycles. The molecule has 0 aliphatic rings. The maximum absolute atomic E-state index is 11.9. The zero-order valence-corrected chi connectivity index (χ0v) is 12.5. The van der Waals surface area contributed by atoms with Crippen LogP contribution in [0.25, 0.3) is 0 Å². The highest BCUT2D eigenvalue weighted by Crippen LogP contribution is 2.16. The third-order valence-corrected chi connectivity index (χ3v) is 4.41. The minimum atomic E-state index is -3.47. The standard InChI is InChI=1S/C12H19N3O4S/c1-15(2)20(17,18)10-6-4-9(5-7-10)14-12(16)11(13)8-19-3/h4-7,11H,8,13H2,1-3H3,(H,14,16). The molecule has 7 nitrogen and oxygen atoms in total. The van der Waals surface area contributed by atoms with Gasteiger partial charge in [0, 0.05) is 26.9 Å². The van der Waals surface area contributed by atoms with Crippen molar-refractivity contribution in [2.45, 2.75) is 10.9 Å². The van der Waals surface area contributed by atoms with Crippen LogP contribution in [-0.2, 0) is 19.6 Å². The Morgan fingerprint density at radius 3 is 2.35 bits per heavy atom. The number of ether oxygens (including phenoxy) is 1. The van der Waals surface area contributed by atoms with Gasteiger partial charge in [0.1, 0.15) is 6.04 Å². The van der Waals surface area contributed by atoms with Crippen LogP contribution in [0.4, 0.5) is 5.69 Å². The Labute approximate surface area is 118 Å². The molecule has 0 radical (unpaired) electrons. The van der Waals surface area contributed by atoms with E-state index in [1.807, 2.05) is 0 Å². The molecule has 112 valence electrons. The first kappa shape index (κ1) is 16.6. The number of methoxy groups -OCH3 is 1. The van der Waals surface area contributed by atoms with Crippen LogP contribution in [0.5, 0.6) is 0 Å². The monoisotopic (exact) mass is 301 g/mol. The van der Waals surface area contributed by atoms with Crippen LogP contribution >= 0.6 is 0 Å². The Hall–Kier alpha value is -1.48. The van der Waals surface area contributed by atoms with Crippen LogP contribution in [0.15, 0.2) is 29.2 Å². The van der Waals surface area contributed by atoms with Gasteiger partial charge in [-0.1, -0.05) is 0 Å². The molecule has 1 atom stereocenters. The predicted molar refractivity (Wildman–Crippen MR) is 75.8 cm³/mol. The summed E-state index contributed by atoms with van der Waals surface area (Å²) in [6.07, 6.45) is 0. The number of nitrogens with zero attached hydrogens (tertiary/aromatic N) is 1.